The van der Waals surface area contributed by atoms with Gasteiger partial charge in [0, 0.05) is 24.6 Å². The number of halogens is 1. The lowest BCUT2D eigenvalue weighted by molar-refractivity contribution is 0.251. The zero-order valence-electron chi connectivity index (χ0n) is 15.0. The van der Waals surface area contributed by atoms with Crippen LogP contribution >= 0.6 is 0 Å². The van der Waals surface area contributed by atoms with Crippen molar-refractivity contribution in [3.05, 3.63) is 83.9 Å². The van der Waals surface area contributed by atoms with Crippen LogP contribution in [0.4, 0.5) is 14.9 Å². The van der Waals surface area contributed by atoms with Gasteiger partial charge < -0.3 is 10.6 Å². The maximum atomic E-state index is 13.6. The standard InChI is InChI=1S/C20H18FN3O3S/c1-14-9-16(21)11-19(10-14)28(26,27)18-6-4-17(5-7-18)24-20(25)23-13-15-3-2-8-22-12-15/h2-12H,13H2,1H3,(H2,23,24,25). The maximum absolute atomic E-state index is 13.6. The third kappa shape index (κ3) is 4.72. The highest BCUT2D eigenvalue weighted by Gasteiger charge is 2.19. The molecule has 0 saturated heterocycles. The van der Waals surface area contributed by atoms with Crippen molar-refractivity contribution in [1.82, 2.24) is 10.3 Å². The molecule has 3 aromatic rings. The number of anilines is 1. The van der Waals surface area contributed by atoms with Gasteiger partial charge in [-0.2, -0.15) is 0 Å². The summed E-state index contributed by atoms with van der Waals surface area (Å²) in [5.74, 6) is -0.609. The zero-order valence-corrected chi connectivity index (χ0v) is 15.8. The number of aromatic nitrogens is 1. The van der Waals surface area contributed by atoms with E-state index in [2.05, 4.69) is 15.6 Å². The molecule has 6 nitrogen and oxygen atoms in total. The second-order valence-electron chi connectivity index (χ2n) is 6.16. The first-order chi connectivity index (χ1) is 13.3. The van der Waals surface area contributed by atoms with E-state index in [4.69, 9.17) is 0 Å². The summed E-state index contributed by atoms with van der Waals surface area (Å²) in [6.45, 7) is 1.93. The summed E-state index contributed by atoms with van der Waals surface area (Å²) >= 11 is 0. The van der Waals surface area contributed by atoms with Crippen molar-refractivity contribution in [3.8, 4) is 0 Å². The van der Waals surface area contributed by atoms with Crippen molar-refractivity contribution in [2.24, 2.45) is 0 Å². The average Bonchev–Trinajstić information content (AvgIpc) is 2.67. The molecule has 0 unspecified atom stereocenters. The third-order valence-electron chi connectivity index (χ3n) is 3.92. The predicted molar refractivity (Wildman–Crippen MR) is 103 cm³/mol. The number of pyridine rings is 1. The normalized spacial score (nSPS) is 11.1. The Morgan fingerprint density at radius 2 is 1.82 bits per heavy atom. The SMILES string of the molecule is Cc1cc(F)cc(S(=O)(=O)c2ccc(NC(=O)NCc3cccnc3)cc2)c1. The lowest BCUT2D eigenvalue weighted by Gasteiger charge is -2.09. The van der Waals surface area contributed by atoms with Crippen molar-refractivity contribution in [2.75, 3.05) is 5.32 Å². The molecular formula is C20H18FN3O3S. The number of benzene rings is 2. The Hall–Kier alpha value is -3.26. The molecule has 0 fully saturated rings. The molecule has 0 aliphatic carbocycles. The van der Waals surface area contributed by atoms with Gasteiger partial charge in [0.05, 0.1) is 9.79 Å². The number of hydrogen-bond acceptors (Lipinski definition) is 4. The van der Waals surface area contributed by atoms with Gasteiger partial charge in [0.15, 0.2) is 0 Å². The summed E-state index contributed by atoms with van der Waals surface area (Å²) < 4.78 is 38.9. The number of urea groups is 1. The molecule has 0 radical (unpaired) electrons. The molecule has 0 saturated carbocycles. The van der Waals surface area contributed by atoms with E-state index in [0.29, 0.717) is 17.8 Å². The van der Waals surface area contributed by atoms with Gasteiger partial charge in [0.2, 0.25) is 9.84 Å². The lowest BCUT2D eigenvalue weighted by Crippen LogP contribution is -2.28. The topological polar surface area (TPSA) is 88.2 Å². The van der Waals surface area contributed by atoms with E-state index in [-0.39, 0.29) is 9.79 Å². The monoisotopic (exact) mass is 399 g/mol. The second kappa shape index (κ2) is 8.18. The van der Waals surface area contributed by atoms with Crippen LogP contribution in [0.15, 0.2) is 76.8 Å². The minimum Gasteiger partial charge on any atom is -0.334 e. The van der Waals surface area contributed by atoms with Gasteiger partial charge in [-0.05, 0) is 66.6 Å². The largest absolute Gasteiger partial charge is 0.334 e. The molecule has 0 spiro atoms. The molecule has 1 aromatic heterocycles. The molecule has 0 aliphatic heterocycles. The number of nitrogens with zero attached hydrogens (tertiary/aromatic N) is 1. The van der Waals surface area contributed by atoms with Crippen LogP contribution < -0.4 is 10.6 Å². The number of rotatable bonds is 5. The summed E-state index contributed by atoms with van der Waals surface area (Å²) in [7, 11) is -3.85. The Balaban J connectivity index is 1.68. The number of nitrogens with one attached hydrogen (secondary N) is 2. The molecule has 28 heavy (non-hydrogen) atoms. The molecule has 8 heteroatoms. The van der Waals surface area contributed by atoms with Crippen molar-refractivity contribution < 1.29 is 17.6 Å². The summed E-state index contributed by atoms with van der Waals surface area (Å²) in [4.78, 5) is 15.8. The first kappa shape index (κ1) is 19.5. The lowest BCUT2D eigenvalue weighted by atomic mass is 10.2. The smallest absolute Gasteiger partial charge is 0.319 e. The Kier molecular flexibility index (Phi) is 5.70. The Morgan fingerprint density at radius 3 is 2.46 bits per heavy atom. The average molecular weight is 399 g/mol. The van der Waals surface area contributed by atoms with Gasteiger partial charge >= 0.3 is 6.03 Å². The zero-order chi connectivity index (χ0) is 20.1. The van der Waals surface area contributed by atoms with E-state index in [1.165, 1.54) is 36.4 Å². The molecule has 0 bridgehead atoms. The minimum absolute atomic E-state index is 0.0128. The molecule has 2 N–H and O–H groups in total. The van der Waals surface area contributed by atoms with Crippen LogP contribution in [0.3, 0.4) is 0 Å². The third-order valence-corrected chi connectivity index (χ3v) is 5.67. The number of carbonyl (C=O) groups is 1. The first-order valence-electron chi connectivity index (χ1n) is 8.41. The fourth-order valence-corrected chi connectivity index (χ4v) is 3.95. The van der Waals surface area contributed by atoms with Crippen LogP contribution in [0.5, 0.6) is 0 Å². The van der Waals surface area contributed by atoms with Gasteiger partial charge in [0.25, 0.3) is 0 Å². The minimum atomic E-state index is -3.85. The van der Waals surface area contributed by atoms with Crippen molar-refractivity contribution in [1.29, 1.82) is 0 Å². The molecule has 2 amide bonds. The van der Waals surface area contributed by atoms with Gasteiger partial charge in [-0.1, -0.05) is 6.07 Å². The molecule has 2 aromatic carbocycles. The van der Waals surface area contributed by atoms with Crippen LogP contribution in [0, 0.1) is 12.7 Å². The highest BCUT2D eigenvalue weighted by atomic mass is 32.2. The highest BCUT2D eigenvalue weighted by Crippen LogP contribution is 2.24. The quantitative estimate of drug-likeness (QED) is 0.685. The molecular weight excluding hydrogens is 381 g/mol. The Morgan fingerprint density at radius 1 is 1.07 bits per heavy atom. The molecule has 3 rings (SSSR count). The molecule has 0 aliphatic rings. The number of aryl methyl sites for hydroxylation is 1. The molecule has 0 atom stereocenters. The fraction of sp³-hybridized carbons (Fsp3) is 0.100. The van der Waals surface area contributed by atoms with E-state index < -0.39 is 21.7 Å². The van der Waals surface area contributed by atoms with Gasteiger partial charge in [-0.3, -0.25) is 4.98 Å². The van der Waals surface area contributed by atoms with Crippen LogP contribution in [0.2, 0.25) is 0 Å². The van der Waals surface area contributed by atoms with Crippen molar-refractivity contribution >= 4 is 21.6 Å². The summed E-state index contributed by atoms with van der Waals surface area (Å²) in [6, 6.07) is 12.5. The number of hydrogen-bond donors (Lipinski definition) is 2. The second-order valence-corrected chi connectivity index (χ2v) is 8.11. The predicted octanol–water partition coefficient (Wildman–Crippen LogP) is 3.68. The number of amides is 2. The van der Waals surface area contributed by atoms with Gasteiger partial charge in [-0.25, -0.2) is 17.6 Å². The molecule has 144 valence electrons. The van der Waals surface area contributed by atoms with Crippen molar-refractivity contribution in [2.45, 2.75) is 23.3 Å². The van der Waals surface area contributed by atoms with Crippen LogP contribution in [-0.2, 0) is 16.4 Å². The van der Waals surface area contributed by atoms with Crippen LogP contribution in [0.1, 0.15) is 11.1 Å². The summed E-state index contributed by atoms with van der Waals surface area (Å²) in [5.41, 5.74) is 1.80. The van der Waals surface area contributed by atoms with Gasteiger partial charge in [0.1, 0.15) is 5.82 Å². The first-order valence-corrected chi connectivity index (χ1v) is 9.89. The van der Waals surface area contributed by atoms with Crippen LogP contribution in [0.25, 0.3) is 0 Å². The highest BCUT2D eigenvalue weighted by molar-refractivity contribution is 7.91. The number of sulfone groups is 1. The summed E-state index contributed by atoms with van der Waals surface area (Å²) in [6.07, 6.45) is 3.29. The fourth-order valence-electron chi connectivity index (χ4n) is 2.57. The van der Waals surface area contributed by atoms with E-state index in [9.17, 15) is 17.6 Å². The van der Waals surface area contributed by atoms with E-state index >= 15 is 0 Å². The van der Waals surface area contributed by atoms with Crippen molar-refractivity contribution in [3.63, 3.8) is 0 Å². The maximum Gasteiger partial charge on any atom is 0.319 e. The van der Waals surface area contributed by atoms with Gasteiger partial charge in [-0.15, -0.1) is 0 Å². The van der Waals surface area contributed by atoms with Crippen LogP contribution in [-0.4, -0.2) is 19.4 Å². The number of carbonyl (C=O) groups excluding carboxylic acids is 1. The Bertz CT molecular complexity index is 1070. The summed E-state index contributed by atoms with van der Waals surface area (Å²) in [5, 5.41) is 5.30. The Labute approximate surface area is 162 Å². The van der Waals surface area contributed by atoms with E-state index in [1.54, 1.807) is 25.4 Å². The molecule has 1 heterocycles. The van der Waals surface area contributed by atoms with E-state index in [0.717, 1.165) is 11.6 Å². The van der Waals surface area contributed by atoms with E-state index in [1.807, 2.05) is 6.07 Å².